The minimum Gasteiger partial charge on any atom is -0.329 e. The summed E-state index contributed by atoms with van der Waals surface area (Å²) in [5.74, 6) is 0.729. The van der Waals surface area contributed by atoms with E-state index in [1.165, 1.54) is 19.3 Å². The lowest BCUT2D eigenvalue weighted by Gasteiger charge is -2.49. The molecule has 1 fully saturated rings. The Morgan fingerprint density at radius 2 is 2.00 bits per heavy atom. The Bertz CT molecular complexity index is 231. The Kier molecular flexibility index (Phi) is 4.07. The monoisotopic (exact) mass is 226 g/mol. The van der Waals surface area contributed by atoms with Crippen molar-refractivity contribution in [3.8, 4) is 0 Å². The zero-order chi connectivity index (χ0) is 12.6. The predicted octanol–water partition coefficient (Wildman–Crippen LogP) is 2.87. The summed E-state index contributed by atoms with van der Waals surface area (Å²) in [6.45, 7) is 12.5. The summed E-state index contributed by atoms with van der Waals surface area (Å²) in [7, 11) is 2.27. The first-order valence-electron chi connectivity index (χ1n) is 6.68. The smallest absolute Gasteiger partial charge is 0.0357 e. The summed E-state index contributed by atoms with van der Waals surface area (Å²) >= 11 is 0. The van der Waals surface area contributed by atoms with Crippen molar-refractivity contribution in [2.24, 2.45) is 17.1 Å². The van der Waals surface area contributed by atoms with Crippen LogP contribution in [0.25, 0.3) is 0 Å². The lowest BCUT2D eigenvalue weighted by Crippen LogP contribution is -2.59. The van der Waals surface area contributed by atoms with Crippen LogP contribution in [0.1, 0.15) is 53.9 Å². The van der Waals surface area contributed by atoms with Crippen LogP contribution < -0.4 is 5.73 Å². The van der Waals surface area contributed by atoms with E-state index in [-0.39, 0.29) is 5.54 Å². The third-order valence-corrected chi connectivity index (χ3v) is 5.05. The van der Waals surface area contributed by atoms with Crippen LogP contribution in [0.5, 0.6) is 0 Å². The van der Waals surface area contributed by atoms with Gasteiger partial charge in [0.1, 0.15) is 0 Å². The van der Waals surface area contributed by atoms with Gasteiger partial charge in [0.15, 0.2) is 0 Å². The molecule has 0 saturated heterocycles. The first-order valence-corrected chi connectivity index (χ1v) is 6.68. The van der Waals surface area contributed by atoms with Crippen LogP contribution in [0.3, 0.4) is 0 Å². The molecule has 1 aliphatic rings. The molecule has 0 aromatic carbocycles. The van der Waals surface area contributed by atoms with E-state index in [1.54, 1.807) is 0 Å². The standard InChI is InChI=1S/C14H30N2/c1-11-8-7-9-14(11,10-15)16(6)12(2)13(3,4)5/h11-12H,7-10,15H2,1-6H3. The molecule has 96 valence electrons. The van der Waals surface area contributed by atoms with Crippen molar-refractivity contribution in [2.75, 3.05) is 13.6 Å². The average molecular weight is 226 g/mol. The SMILES string of the molecule is CC(N(C)C1(CN)CCCC1C)C(C)(C)C. The third kappa shape index (κ3) is 2.28. The zero-order valence-electron chi connectivity index (χ0n) is 12.0. The second kappa shape index (κ2) is 4.66. The van der Waals surface area contributed by atoms with Crippen molar-refractivity contribution >= 4 is 0 Å². The quantitative estimate of drug-likeness (QED) is 0.802. The molecule has 0 bridgehead atoms. The number of hydrogen-bond acceptors (Lipinski definition) is 2. The zero-order valence-corrected chi connectivity index (χ0v) is 12.0. The van der Waals surface area contributed by atoms with Crippen LogP contribution in [0.2, 0.25) is 0 Å². The van der Waals surface area contributed by atoms with E-state index in [0.717, 1.165) is 12.5 Å². The number of hydrogen-bond donors (Lipinski definition) is 1. The number of nitrogens with zero attached hydrogens (tertiary/aromatic N) is 1. The minimum absolute atomic E-state index is 0.243. The summed E-state index contributed by atoms with van der Waals surface area (Å²) in [4.78, 5) is 2.56. The van der Waals surface area contributed by atoms with E-state index in [2.05, 4.69) is 46.6 Å². The van der Waals surface area contributed by atoms with E-state index >= 15 is 0 Å². The van der Waals surface area contributed by atoms with E-state index in [4.69, 9.17) is 5.73 Å². The van der Waals surface area contributed by atoms with Crippen LogP contribution in [-0.4, -0.2) is 30.1 Å². The van der Waals surface area contributed by atoms with Crippen molar-refractivity contribution in [1.82, 2.24) is 4.90 Å². The van der Waals surface area contributed by atoms with Gasteiger partial charge in [-0.1, -0.05) is 34.1 Å². The van der Waals surface area contributed by atoms with Gasteiger partial charge in [-0.25, -0.2) is 0 Å². The van der Waals surface area contributed by atoms with Gasteiger partial charge in [0.05, 0.1) is 0 Å². The minimum atomic E-state index is 0.243. The van der Waals surface area contributed by atoms with E-state index in [9.17, 15) is 0 Å². The highest BCUT2D eigenvalue weighted by atomic mass is 15.2. The molecule has 0 aromatic rings. The topological polar surface area (TPSA) is 29.3 Å². The van der Waals surface area contributed by atoms with Crippen LogP contribution in [-0.2, 0) is 0 Å². The summed E-state index contributed by atoms with van der Waals surface area (Å²) in [5, 5.41) is 0. The van der Waals surface area contributed by atoms with Crippen LogP contribution in [0.4, 0.5) is 0 Å². The van der Waals surface area contributed by atoms with Crippen molar-refractivity contribution in [3.05, 3.63) is 0 Å². The first kappa shape index (κ1) is 14.0. The second-order valence-electron chi connectivity index (χ2n) is 6.75. The fourth-order valence-corrected chi connectivity index (χ4v) is 3.17. The maximum absolute atomic E-state index is 6.10. The molecule has 2 N–H and O–H groups in total. The molecule has 16 heavy (non-hydrogen) atoms. The normalized spacial score (nSPS) is 33.4. The molecule has 0 aliphatic heterocycles. The highest BCUT2D eigenvalue weighted by Gasteiger charge is 2.45. The largest absolute Gasteiger partial charge is 0.329 e. The molecule has 0 spiro atoms. The number of nitrogens with two attached hydrogens (primary N) is 1. The van der Waals surface area contributed by atoms with Crippen molar-refractivity contribution in [3.63, 3.8) is 0 Å². The van der Waals surface area contributed by atoms with Crippen LogP contribution in [0, 0.1) is 11.3 Å². The Morgan fingerprint density at radius 3 is 2.31 bits per heavy atom. The molecule has 1 aliphatic carbocycles. The van der Waals surface area contributed by atoms with Crippen LogP contribution in [0.15, 0.2) is 0 Å². The first-order chi connectivity index (χ1) is 7.25. The lowest BCUT2D eigenvalue weighted by atomic mass is 9.80. The van der Waals surface area contributed by atoms with Gasteiger partial charge in [-0.05, 0) is 38.1 Å². The van der Waals surface area contributed by atoms with Crippen molar-refractivity contribution < 1.29 is 0 Å². The highest BCUT2D eigenvalue weighted by Crippen LogP contribution is 2.42. The number of likely N-dealkylation sites (N-methyl/N-ethyl adjacent to an activating group) is 1. The van der Waals surface area contributed by atoms with Gasteiger partial charge >= 0.3 is 0 Å². The summed E-state index contributed by atoms with van der Waals surface area (Å²) in [5.41, 5.74) is 6.66. The molecule has 0 amide bonds. The summed E-state index contributed by atoms with van der Waals surface area (Å²) in [6.07, 6.45) is 3.93. The fourth-order valence-electron chi connectivity index (χ4n) is 3.17. The van der Waals surface area contributed by atoms with Gasteiger partial charge in [-0.15, -0.1) is 0 Å². The molecule has 2 nitrogen and oxygen atoms in total. The third-order valence-electron chi connectivity index (χ3n) is 5.05. The molecule has 0 aromatic heterocycles. The van der Waals surface area contributed by atoms with Gasteiger partial charge in [0, 0.05) is 18.1 Å². The average Bonchev–Trinajstić information content (AvgIpc) is 2.57. The van der Waals surface area contributed by atoms with E-state index in [1.807, 2.05) is 0 Å². The summed E-state index contributed by atoms with van der Waals surface area (Å²) in [6, 6.07) is 0.566. The Balaban J connectivity index is 2.89. The van der Waals surface area contributed by atoms with Gasteiger partial charge in [0.2, 0.25) is 0 Å². The Labute approximate surface area is 102 Å². The molecule has 3 unspecified atom stereocenters. The lowest BCUT2D eigenvalue weighted by molar-refractivity contribution is 0.0113. The Morgan fingerprint density at radius 1 is 1.44 bits per heavy atom. The molecule has 2 heteroatoms. The molecule has 3 atom stereocenters. The molecular weight excluding hydrogens is 196 g/mol. The Hall–Kier alpha value is -0.0800. The molecular formula is C14H30N2. The van der Waals surface area contributed by atoms with E-state index < -0.39 is 0 Å². The van der Waals surface area contributed by atoms with Crippen molar-refractivity contribution in [2.45, 2.75) is 65.5 Å². The van der Waals surface area contributed by atoms with Gasteiger partial charge < -0.3 is 5.73 Å². The van der Waals surface area contributed by atoms with Gasteiger partial charge in [0.25, 0.3) is 0 Å². The fraction of sp³-hybridized carbons (Fsp3) is 1.00. The second-order valence-corrected chi connectivity index (χ2v) is 6.75. The van der Waals surface area contributed by atoms with Crippen molar-refractivity contribution in [1.29, 1.82) is 0 Å². The van der Waals surface area contributed by atoms with E-state index in [0.29, 0.717) is 11.5 Å². The molecule has 0 radical (unpaired) electrons. The summed E-state index contributed by atoms with van der Waals surface area (Å²) < 4.78 is 0. The van der Waals surface area contributed by atoms with Gasteiger partial charge in [-0.2, -0.15) is 0 Å². The predicted molar refractivity (Wildman–Crippen MR) is 71.5 cm³/mol. The molecule has 1 saturated carbocycles. The van der Waals surface area contributed by atoms with Crippen LogP contribution >= 0.6 is 0 Å². The maximum Gasteiger partial charge on any atom is 0.0357 e. The molecule has 1 rings (SSSR count). The van der Waals surface area contributed by atoms with Gasteiger partial charge in [-0.3, -0.25) is 4.90 Å². The maximum atomic E-state index is 6.10. The number of rotatable bonds is 3. The highest BCUT2D eigenvalue weighted by molar-refractivity contribution is 5.01. The molecule has 0 heterocycles.